The molecule has 2 unspecified atom stereocenters. The second-order valence-electron chi connectivity index (χ2n) is 5.40. The Labute approximate surface area is 114 Å². The van der Waals surface area contributed by atoms with Crippen molar-refractivity contribution < 1.29 is 14.7 Å². The summed E-state index contributed by atoms with van der Waals surface area (Å²) in [7, 11) is 0. The Hall–Kier alpha value is -1.10. The minimum atomic E-state index is -0.736. The molecule has 1 amide bonds. The second kappa shape index (κ2) is 8.91. The molecule has 5 heteroatoms. The van der Waals surface area contributed by atoms with Gasteiger partial charge in [-0.3, -0.25) is 9.59 Å². The summed E-state index contributed by atoms with van der Waals surface area (Å²) in [6.45, 7) is 0.676. The van der Waals surface area contributed by atoms with Gasteiger partial charge in [-0.2, -0.15) is 0 Å². The average Bonchev–Trinajstić information content (AvgIpc) is 2.37. The van der Waals surface area contributed by atoms with E-state index in [1.807, 2.05) is 0 Å². The molecule has 4 N–H and O–H groups in total. The van der Waals surface area contributed by atoms with Gasteiger partial charge in [0, 0.05) is 19.0 Å². The van der Waals surface area contributed by atoms with Gasteiger partial charge in [-0.1, -0.05) is 25.7 Å². The fourth-order valence-electron chi connectivity index (χ4n) is 2.58. The third-order valence-corrected chi connectivity index (χ3v) is 3.77. The highest BCUT2D eigenvalue weighted by Crippen LogP contribution is 2.22. The molecule has 2 atom stereocenters. The monoisotopic (exact) mass is 270 g/mol. The van der Waals surface area contributed by atoms with E-state index in [1.54, 1.807) is 0 Å². The molecule has 110 valence electrons. The van der Waals surface area contributed by atoms with Gasteiger partial charge in [-0.15, -0.1) is 0 Å². The van der Waals surface area contributed by atoms with Gasteiger partial charge in [0.15, 0.2) is 0 Å². The lowest BCUT2D eigenvalue weighted by atomic mass is 9.84. The SMILES string of the molecule is NC1CCCCC1C(=O)NCCCCCCC(=O)O. The molecule has 0 aromatic rings. The highest BCUT2D eigenvalue weighted by molar-refractivity contribution is 5.79. The number of carbonyl (C=O) groups excluding carboxylic acids is 1. The number of carboxylic acids is 1. The molecular weight excluding hydrogens is 244 g/mol. The van der Waals surface area contributed by atoms with Crippen molar-refractivity contribution in [3.05, 3.63) is 0 Å². The summed E-state index contributed by atoms with van der Waals surface area (Å²) >= 11 is 0. The molecular formula is C14H26N2O3. The number of carbonyl (C=O) groups is 2. The Morgan fingerprint density at radius 2 is 1.79 bits per heavy atom. The number of amides is 1. The lowest BCUT2D eigenvalue weighted by Crippen LogP contribution is -2.43. The molecule has 5 nitrogen and oxygen atoms in total. The number of hydrogen-bond acceptors (Lipinski definition) is 3. The van der Waals surface area contributed by atoms with Crippen LogP contribution in [-0.2, 0) is 9.59 Å². The van der Waals surface area contributed by atoms with E-state index in [1.165, 1.54) is 0 Å². The largest absolute Gasteiger partial charge is 0.481 e. The van der Waals surface area contributed by atoms with Crippen LogP contribution in [0, 0.1) is 5.92 Å². The fourth-order valence-corrected chi connectivity index (χ4v) is 2.58. The van der Waals surface area contributed by atoms with E-state index in [0.29, 0.717) is 6.54 Å². The molecule has 0 heterocycles. The van der Waals surface area contributed by atoms with Gasteiger partial charge in [0.05, 0.1) is 5.92 Å². The van der Waals surface area contributed by atoms with E-state index in [9.17, 15) is 9.59 Å². The number of nitrogens with one attached hydrogen (secondary N) is 1. The minimum absolute atomic E-state index is 0.0132. The first-order chi connectivity index (χ1) is 9.11. The van der Waals surface area contributed by atoms with Crippen LogP contribution in [0.15, 0.2) is 0 Å². The van der Waals surface area contributed by atoms with Gasteiger partial charge < -0.3 is 16.2 Å². The molecule has 0 saturated heterocycles. The van der Waals surface area contributed by atoms with E-state index in [4.69, 9.17) is 10.8 Å². The summed E-state index contributed by atoms with van der Waals surface area (Å²) in [6.07, 6.45) is 7.83. The zero-order valence-corrected chi connectivity index (χ0v) is 11.6. The zero-order valence-electron chi connectivity index (χ0n) is 11.6. The first-order valence-electron chi connectivity index (χ1n) is 7.36. The van der Waals surface area contributed by atoms with Gasteiger partial charge in [0.1, 0.15) is 0 Å². The molecule has 1 fully saturated rings. The number of hydrogen-bond donors (Lipinski definition) is 3. The highest BCUT2D eigenvalue weighted by Gasteiger charge is 2.27. The van der Waals surface area contributed by atoms with E-state index < -0.39 is 5.97 Å². The molecule has 0 spiro atoms. The van der Waals surface area contributed by atoms with Crippen LogP contribution >= 0.6 is 0 Å². The first kappa shape index (κ1) is 16.0. The third kappa shape index (κ3) is 6.57. The van der Waals surface area contributed by atoms with Crippen molar-refractivity contribution in [1.82, 2.24) is 5.32 Å². The molecule has 0 aliphatic heterocycles. The minimum Gasteiger partial charge on any atom is -0.481 e. The van der Waals surface area contributed by atoms with Crippen LogP contribution in [0.1, 0.15) is 57.8 Å². The molecule has 19 heavy (non-hydrogen) atoms. The summed E-state index contributed by atoms with van der Waals surface area (Å²) in [5, 5.41) is 11.4. The lowest BCUT2D eigenvalue weighted by molar-refractivity contribution is -0.137. The maximum Gasteiger partial charge on any atom is 0.303 e. The van der Waals surface area contributed by atoms with Crippen molar-refractivity contribution in [2.45, 2.75) is 63.8 Å². The Morgan fingerprint density at radius 1 is 1.11 bits per heavy atom. The van der Waals surface area contributed by atoms with E-state index in [0.717, 1.165) is 51.4 Å². The van der Waals surface area contributed by atoms with Crippen LogP contribution < -0.4 is 11.1 Å². The molecule has 1 aliphatic rings. The quantitative estimate of drug-likeness (QED) is 0.585. The Balaban J connectivity index is 2.02. The van der Waals surface area contributed by atoms with Crippen molar-refractivity contribution >= 4 is 11.9 Å². The van der Waals surface area contributed by atoms with Crippen LogP contribution in [0.4, 0.5) is 0 Å². The number of unbranched alkanes of at least 4 members (excludes halogenated alkanes) is 3. The predicted octanol–water partition coefficient (Wildman–Crippen LogP) is 1.66. The summed E-state index contributed by atoms with van der Waals surface area (Å²) in [5.41, 5.74) is 5.96. The number of rotatable bonds is 8. The fraction of sp³-hybridized carbons (Fsp3) is 0.857. The molecule has 1 aliphatic carbocycles. The van der Waals surface area contributed by atoms with Crippen LogP contribution in [-0.4, -0.2) is 29.6 Å². The van der Waals surface area contributed by atoms with Gasteiger partial charge in [0.2, 0.25) is 5.91 Å². The van der Waals surface area contributed by atoms with Crippen molar-refractivity contribution in [3.8, 4) is 0 Å². The number of carboxylic acid groups (broad SMARTS) is 1. The number of aliphatic carboxylic acids is 1. The lowest BCUT2D eigenvalue weighted by Gasteiger charge is -2.27. The zero-order chi connectivity index (χ0) is 14.1. The predicted molar refractivity (Wildman–Crippen MR) is 73.7 cm³/mol. The normalized spacial score (nSPS) is 23.0. The second-order valence-corrected chi connectivity index (χ2v) is 5.40. The van der Waals surface area contributed by atoms with Crippen molar-refractivity contribution in [2.75, 3.05) is 6.54 Å². The summed E-state index contributed by atoms with van der Waals surface area (Å²) in [4.78, 5) is 22.2. The molecule has 0 aromatic heterocycles. The summed E-state index contributed by atoms with van der Waals surface area (Å²) < 4.78 is 0. The van der Waals surface area contributed by atoms with Crippen LogP contribution in [0.5, 0.6) is 0 Å². The molecule has 0 bridgehead atoms. The molecule has 1 saturated carbocycles. The van der Waals surface area contributed by atoms with E-state index in [2.05, 4.69) is 5.32 Å². The van der Waals surface area contributed by atoms with Gasteiger partial charge in [-0.05, 0) is 25.7 Å². The summed E-state index contributed by atoms with van der Waals surface area (Å²) in [6, 6.07) is 0.0179. The van der Waals surface area contributed by atoms with Crippen LogP contribution in [0.2, 0.25) is 0 Å². The first-order valence-corrected chi connectivity index (χ1v) is 7.36. The maximum atomic E-state index is 11.9. The van der Waals surface area contributed by atoms with Crippen molar-refractivity contribution in [2.24, 2.45) is 11.7 Å². The highest BCUT2D eigenvalue weighted by atomic mass is 16.4. The molecule has 1 rings (SSSR count). The summed E-state index contributed by atoms with van der Waals surface area (Å²) in [5.74, 6) is -0.655. The Morgan fingerprint density at radius 3 is 2.47 bits per heavy atom. The van der Waals surface area contributed by atoms with E-state index in [-0.39, 0.29) is 24.3 Å². The Bertz CT molecular complexity index is 294. The standard InChI is InChI=1S/C14H26N2O3/c15-12-8-5-4-7-11(12)14(19)16-10-6-2-1-3-9-13(17)18/h11-12H,1-10,15H2,(H,16,19)(H,17,18). The smallest absolute Gasteiger partial charge is 0.303 e. The molecule has 0 aromatic carbocycles. The van der Waals surface area contributed by atoms with Crippen LogP contribution in [0.25, 0.3) is 0 Å². The van der Waals surface area contributed by atoms with Gasteiger partial charge >= 0.3 is 5.97 Å². The maximum absolute atomic E-state index is 11.9. The number of nitrogens with two attached hydrogens (primary N) is 1. The Kier molecular flexibility index (Phi) is 7.48. The van der Waals surface area contributed by atoms with Crippen molar-refractivity contribution in [1.29, 1.82) is 0 Å². The topological polar surface area (TPSA) is 92.4 Å². The average molecular weight is 270 g/mol. The third-order valence-electron chi connectivity index (χ3n) is 3.77. The van der Waals surface area contributed by atoms with E-state index >= 15 is 0 Å². The van der Waals surface area contributed by atoms with Gasteiger partial charge in [0.25, 0.3) is 0 Å². The van der Waals surface area contributed by atoms with Gasteiger partial charge in [-0.25, -0.2) is 0 Å². The van der Waals surface area contributed by atoms with Crippen LogP contribution in [0.3, 0.4) is 0 Å². The molecule has 0 radical (unpaired) electrons. The van der Waals surface area contributed by atoms with Crippen molar-refractivity contribution in [3.63, 3.8) is 0 Å².